The van der Waals surface area contributed by atoms with Crippen LogP contribution in [0.3, 0.4) is 0 Å². The van der Waals surface area contributed by atoms with E-state index >= 15 is 0 Å². The molecule has 0 spiro atoms. The van der Waals surface area contributed by atoms with Gasteiger partial charge in [0.15, 0.2) is 0 Å². The predicted octanol–water partition coefficient (Wildman–Crippen LogP) is 3.52. The van der Waals surface area contributed by atoms with Gasteiger partial charge in [-0.25, -0.2) is 0 Å². The average molecular weight is 223 g/mol. The summed E-state index contributed by atoms with van der Waals surface area (Å²) in [6.45, 7) is 2.14. The van der Waals surface area contributed by atoms with Gasteiger partial charge >= 0.3 is 0 Å². The Morgan fingerprint density at radius 2 is 2.13 bits per heavy atom. The Hall–Kier alpha value is -0.530. The van der Waals surface area contributed by atoms with Crippen molar-refractivity contribution in [3.8, 4) is 0 Å². The lowest BCUT2D eigenvalue weighted by Crippen LogP contribution is -2.39. The van der Waals surface area contributed by atoms with Gasteiger partial charge in [0.05, 0.1) is 0 Å². The minimum Gasteiger partial charge on any atom is -0.325 e. The monoisotopic (exact) mass is 222 g/mol. The van der Waals surface area contributed by atoms with Crippen molar-refractivity contribution in [2.24, 2.45) is 5.73 Å². The molecule has 1 saturated carbocycles. The fourth-order valence-corrected chi connectivity index (χ4v) is 2.59. The topological polar surface area (TPSA) is 26.0 Å². The van der Waals surface area contributed by atoms with Gasteiger partial charge in [0.1, 0.15) is 0 Å². The van der Waals surface area contributed by atoms with Gasteiger partial charge in [-0.05, 0) is 56.2 Å². The van der Waals surface area contributed by atoms with Crippen molar-refractivity contribution in [2.75, 3.05) is 0 Å². The van der Waals surface area contributed by atoms with Crippen molar-refractivity contribution < 1.29 is 0 Å². The number of hydrogen-bond acceptors (Lipinski definition) is 1. The van der Waals surface area contributed by atoms with E-state index < -0.39 is 0 Å². The van der Waals surface area contributed by atoms with E-state index in [0.29, 0.717) is 5.92 Å². The largest absolute Gasteiger partial charge is 0.325 e. The summed E-state index contributed by atoms with van der Waals surface area (Å²) in [6.07, 6.45) is 4.42. The second-order valence-corrected chi connectivity index (χ2v) is 5.27. The highest BCUT2D eigenvalue weighted by Gasteiger charge is 2.28. The first-order valence-electron chi connectivity index (χ1n) is 5.53. The Bertz CT molecular complexity index is 336. The quantitative estimate of drug-likeness (QED) is 0.773. The van der Waals surface area contributed by atoms with Crippen molar-refractivity contribution in [1.29, 1.82) is 0 Å². The highest BCUT2D eigenvalue weighted by atomic mass is 35.5. The Morgan fingerprint density at radius 3 is 2.73 bits per heavy atom. The molecule has 1 aliphatic carbocycles. The molecular weight excluding hydrogens is 206 g/mol. The summed E-state index contributed by atoms with van der Waals surface area (Å²) in [6, 6.07) is 9.08. The van der Waals surface area contributed by atoms with Crippen molar-refractivity contribution in [2.45, 2.75) is 44.1 Å². The minimum atomic E-state index is 0.0256. The van der Waals surface area contributed by atoms with Crippen LogP contribution in [0.5, 0.6) is 0 Å². The molecule has 0 amide bonds. The molecule has 1 aromatic rings. The summed E-state index contributed by atoms with van der Waals surface area (Å²) in [5.41, 5.74) is 7.31. The van der Waals surface area contributed by atoms with Crippen molar-refractivity contribution in [3.05, 3.63) is 34.9 Å². The molecule has 0 bridgehead atoms. The lowest BCUT2D eigenvalue weighted by atomic mass is 9.76. The van der Waals surface area contributed by atoms with Crippen LogP contribution in [-0.4, -0.2) is 5.54 Å². The second-order valence-electron chi connectivity index (χ2n) is 4.86. The van der Waals surface area contributed by atoms with Crippen LogP contribution in [0.25, 0.3) is 0 Å². The third kappa shape index (κ3) is 2.53. The maximum Gasteiger partial charge on any atom is 0.0447 e. The van der Waals surface area contributed by atoms with Crippen molar-refractivity contribution >= 4 is 11.6 Å². The molecule has 0 atom stereocenters. The maximum absolute atomic E-state index is 6.17. The van der Waals surface area contributed by atoms with Gasteiger partial charge in [0.2, 0.25) is 0 Å². The first-order chi connectivity index (χ1) is 7.08. The van der Waals surface area contributed by atoms with Crippen molar-refractivity contribution in [1.82, 2.24) is 0 Å². The van der Waals surface area contributed by atoms with Gasteiger partial charge in [-0.15, -0.1) is 0 Å². The Kier molecular flexibility index (Phi) is 3.03. The molecule has 1 nitrogen and oxygen atoms in total. The van der Waals surface area contributed by atoms with Crippen LogP contribution in [0.4, 0.5) is 0 Å². The molecule has 0 heterocycles. The van der Waals surface area contributed by atoms with E-state index in [1.165, 1.54) is 5.56 Å². The van der Waals surface area contributed by atoms with Crippen LogP contribution in [0.1, 0.15) is 44.1 Å². The van der Waals surface area contributed by atoms with Crippen LogP contribution < -0.4 is 5.73 Å². The van der Waals surface area contributed by atoms with Crippen LogP contribution in [-0.2, 0) is 0 Å². The van der Waals surface area contributed by atoms with E-state index in [1.807, 2.05) is 18.2 Å². The molecule has 15 heavy (non-hydrogen) atoms. The van der Waals surface area contributed by atoms with Gasteiger partial charge in [-0.3, -0.25) is 0 Å². The molecule has 2 N–H and O–H groups in total. The zero-order chi connectivity index (χ0) is 10.9. The standard InChI is InChI=1S/C13H17ClN/c1-13(15)8-6-10(7-9-13)11-4-2-3-5-12(11)14/h2-3,5,10H,6-9,15H2,1H3/t10-,13+. The molecule has 1 fully saturated rings. The zero-order valence-corrected chi connectivity index (χ0v) is 9.85. The van der Waals surface area contributed by atoms with Crippen LogP contribution in [0.2, 0.25) is 5.02 Å². The highest BCUT2D eigenvalue weighted by molar-refractivity contribution is 6.31. The number of nitrogens with two attached hydrogens (primary N) is 1. The molecule has 1 aliphatic rings. The van der Waals surface area contributed by atoms with E-state index in [0.717, 1.165) is 30.7 Å². The van der Waals surface area contributed by atoms with Crippen LogP contribution >= 0.6 is 11.6 Å². The summed E-state index contributed by atoms with van der Waals surface area (Å²) >= 11 is 6.17. The van der Waals surface area contributed by atoms with Crippen molar-refractivity contribution in [3.63, 3.8) is 0 Å². The average Bonchev–Trinajstić information content (AvgIpc) is 2.19. The number of benzene rings is 1. The predicted molar refractivity (Wildman–Crippen MR) is 64.1 cm³/mol. The molecule has 1 radical (unpaired) electrons. The van der Waals surface area contributed by atoms with Crippen LogP contribution in [0, 0.1) is 6.07 Å². The molecule has 81 valence electrons. The Morgan fingerprint density at radius 1 is 1.47 bits per heavy atom. The van der Waals surface area contributed by atoms with Gasteiger partial charge in [-0.1, -0.05) is 23.7 Å². The third-order valence-corrected chi connectivity index (χ3v) is 3.70. The third-order valence-electron chi connectivity index (χ3n) is 3.37. The molecule has 2 rings (SSSR count). The summed E-state index contributed by atoms with van der Waals surface area (Å²) in [7, 11) is 0. The van der Waals surface area contributed by atoms with E-state index in [2.05, 4.69) is 13.0 Å². The van der Waals surface area contributed by atoms with E-state index in [-0.39, 0.29) is 5.54 Å². The minimum absolute atomic E-state index is 0.0256. The molecule has 2 heteroatoms. The fourth-order valence-electron chi connectivity index (χ4n) is 2.31. The van der Waals surface area contributed by atoms with Crippen LogP contribution in [0.15, 0.2) is 18.2 Å². The van der Waals surface area contributed by atoms with Gasteiger partial charge in [0, 0.05) is 10.6 Å². The first-order valence-corrected chi connectivity index (χ1v) is 5.91. The van der Waals surface area contributed by atoms with Gasteiger partial charge < -0.3 is 5.73 Å². The SMILES string of the molecule is C[C@]1(N)CC[C@@H](c2[c]cccc2Cl)CC1. The molecule has 1 aromatic carbocycles. The number of halogens is 1. The second kappa shape index (κ2) is 4.15. The highest BCUT2D eigenvalue weighted by Crippen LogP contribution is 2.38. The lowest BCUT2D eigenvalue weighted by Gasteiger charge is -2.34. The summed E-state index contributed by atoms with van der Waals surface area (Å²) in [5, 5.41) is 0.850. The Labute approximate surface area is 96.6 Å². The Balaban J connectivity index is 2.11. The zero-order valence-electron chi connectivity index (χ0n) is 9.09. The summed E-state index contributed by atoms with van der Waals surface area (Å²) in [5.74, 6) is 0.551. The van der Waals surface area contributed by atoms with E-state index in [1.54, 1.807) is 0 Å². The first kappa shape index (κ1) is 11.0. The summed E-state index contributed by atoms with van der Waals surface area (Å²) in [4.78, 5) is 0. The van der Waals surface area contributed by atoms with E-state index in [4.69, 9.17) is 17.3 Å². The molecule has 0 unspecified atom stereocenters. The van der Waals surface area contributed by atoms with Gasteiger partial charge in [0.25, 0.3) is 0 Å². The molecule has 0 saturated heterocycles. The number of hydrogen-bond donors (Lipinski definition) is 1. The lowest BCUT2D eigenvalue weighted by molar-refractivity contribution is 0.295. The maximum atomic E-state index is 6.17. The van der Waals surface area contributed by atoms with Gasteiger partial charge in [-0.2, -0.15) is 0 Å². The fraction of sp³-hybridized carbons (Fsp3) is 0.538. The smallest absolute Gasteiger partial charge is 0.0447 e. The number of rotatable bonds is 1. The molecule has 0 aliphatic heterocycles. The summed E-state index contributed by atoms with van der Waals surface area (Å²) < 4.78 is 0. The molecular formula is C13H17ClN. The molecule has 0 aromatic heterocycles. The van der Waals surface area contributed by atoms with E-state index in [9.17, 15) is 0 Å². The normalized spacial score (nSPS) is 31.5.